The van der Waals surface area contributed by atoms with Crippen LogP contribution in [0.3, 0.4) is 0 Å². The molecule has 22 heavy (non-hydrogen) atoms. The molecule has 5 heteroatoms. The molecule has 0 radical (unpaired) electrons. The SMILES string of the molecule is C[C@@H]1C(=O)Nc2ccc(C(=O)CSc3ccc(F)cc3)cc21. The van der Waals surface area contributed by atoms with E-state index in [1.807, 2.05) is 6.92 Å². The van der Waals surface area contributed by atoms with Gasteiger partial charge in [0, 0.05) is 16.1 Å². The maximum Gasteiger partial charge on any atom is 0.231 e. The quantitative estimate of drug-likeness (QED) is 0.688. The van der Waals surface area contributed by atoms with E-state index in [1.54, 1.807) is 30.3 Å². The van der Waals surface area contributed by atoms with Gasteiger partial charge in [0.25, 0.3) is 0 Å². The predicted octanol–water partition coefficient (Wildman–Crippen LogP) is 3.86. The highest BCUT2D eigenvalue weighted by Crippen LogP contribution is 2.33. The topological polar surface area (TPSA) is 46.2 Å². The molecule has 1 N–H and O–H groups in total. The average molecular weight is 315 g/mol. The summed E-state index contributed by atoms with van der Waals surface area (Å²) in [6.07, 6.45) is 0. The number of thioether (sulfide) groups is 1. The average Bonchev–Trinajstić information content (AvgIpc) is 2.81. The summed E-state index contributed by atoms with van der Waals surface area (Å²) in [4.78, 5) is 24.7. The molecule has 1 atom stereocenters. The van der Waals surface area contributed by atoms with E-state index in [4.69, 9.17) is 0 Å². The third-order valence-electron chi connectivity index (χ3n) is 3.67. The molecule has 0 spiro atoms. The summed E-state index contributed by atoms with van der Waals surface area (Å²) < 4.78 is 12.8. The van der Waals surface area contributed by atoms with Gasteiger partial charge in [0.1, 0.15) is 5.82 Å². The summed E-state index contributed by atoms with van der Waals surface area (Å²) in [5.41, 5.74) is 2.24. The molecule has 0 unspecified atom stereocenters. The second-order valence-electron chi connectivity index (χ2n) is 5.18. The summed E-state index contributed by atoms with van der Waals surface area (Å²) in [6, 6.07) is 11.3. The van der Waals surface area contributed by atoms with Gasteiger partial charge in [-0.2, -0.15) is 0 Å². The number of nitrogens with one attached hydrogen (secondary N) is 1. The number of fused-ring (bicyclic) bond motifs is 1. The van der Waals surface area contributed by atoms with Gasteiger partial charge in [0.05, 0.1) is 11.7 Å². The van der Waals surface area contributed by atoms with Crippen molar-refractivity contribution in [3.8, 4) is 0 Å². The van der Waals surface area contributed by atoms with Gasteiger partial charge in [0.15, 0.2) is 5.78 Å². The summed E-state index contributed by atoms with van der Waals surface area (Å²) in [6.45, 7) is 1.82. The van der Waals surface area contributed by atoms with Gasteiger partial charge in [-0.15, -0.1) is 11.8 Å². The Morgan fingerprint density at radius 3 is 2.68 bits per heavy atom. The van der Waals surface area contributed by atoms with E-state index in [-0.39, 0.29) is 29.2 Å². The third kappa shape index (κ3) is 2.90. The number of rotatable bonds is 4. The van der Waals surface area contributed by atoms with Crippen molar-refractivity contribution in [2.24, 2.45) is 0 Å². The zero-order chi connectivity index (χ0) is 15.7. The van der Waals surface area contributed by atoms with Crippen LogP contribution >= 0.6 is 11.8 Å². The fourth-order valence-electron chi connectivity index (χ4n) is 2.35. The van der Waals surface area contributed by atoms with Gasteiger partial charge >= 0.3 is 0 Å². The fourth-order valence-corrected chi connectivity index (χ4v) is 3.15. The molecule has 112 valence electrons. The van der Waals surface area contributed by atoms with Crippen LogP contribution < -0.4 is 5.32 Å². The molecule has 2 aromatic carbocycles. The largest absolute Gasteiger partial charge is 0.325 e. The molecule has 1 aliphatic heterocycles. The van der Waals surface area contributed by atoms with E-state index in [0.29, 0.717) is 5.56 Å². The second-order valence-corrected chi connectivity index (χ2v) is 6.23. The molecule has 0 bridgehead atoms. The van der Waals surface area contributed by atoms with Crippen LogP contribution in [0, 0.1) is 5.82 Å². The van der Waals surface area contributed by atoms with Crippen molar-refractivity contribution >= 4 is 29.1 Å². The minimum atomic E-state index is -0.291. The number of benzene rings is 2. The van der Waals surface area contributed by atoms with E-state index in [2.05, 4.69) is 5.32 Å². The monoisotopic (exact) mass is 315 g/mol. The molecule has 3 rings (SSSR count). The lowest BCUT2D eigenvalue weighted by atomic mass is 9.99. The number of halogens is 1. The van der Waals surface area contributed by atoms with Crippen LogP contribution in [0.15, 0.2) is 47.4 Å². The zero-order valence-electron chi connectivity index (χ0n) is 11.9. The van der Waals surface area contributed by atoms with Crippen molar-refractivity contribution in [2.45, 2.75) is 17.7 Å². The molecule has 0 fully saturated rings. The third-order valence-corrected chi connectivity index (χ3v) is 4.69. The first-order valence-corrected chi connectivity index (χ1v) is 7.89. The van der Waals surface area contributed by atoms with Crippen molar-refractivity contribution in [2.75, 3.05) is 11.1 Å². The highest BCUT2D eigenvalue weighted by Gasteiger charge is 2.27. The van der Waals surface area contributed by atoms with Gasteiger partial charge in [0.2, 0.25) is 5.91 Å². The number of anilines is 1. The van der Waals surface area contributed by atoms with Gasteiger partial charge in [-0.1, -0.05) is 0 Å². The number of hydrogen-bond donors (Lipinski definition) is 1. The van der Waals surface area contributed by atoms with Crippen LogP contribution in [0.25, 0.3) is 0 Å². The minimum Gasteiger partial charge on any atom is -0.325 e. The molecule has 1 amide bonds. The lowest BCUT2D eigenvalue weighted by Gasteiger charge is -2.06. The molecule has 1 heterocycles. The van der Waals surface area contributed by atoms with Crippen molar-refractivity contribution < 1.29 is 14.0 Å². The lowest BCUT2D eigenvalue weighted by Crippen LogP contribution is -2.08. The number of Topliss-reactive ketones (excluding diaryl/α,β-unsaturated/α-hetero) is 1. The Labute approximate surface area is 131 Å². The van der Waals surface area contributed by atoms with Crippen LogP contribution in [-0.2, 0) is 4.79 Å². The van der Waals surface area contributed by atoms with Crippen LogP contribution in [0.1, 0.15) is 28.8 Å². The van der Waals surface area contributed by atoms with Crippen molar-refractivity contribution in [3.63, 3.8) is 0 Å². The molecule has 2 aromatic rings. The van der Waals surface area contributed by atoms with Crippen molar-refractivity contribution in [1.29, 1.82) is 0 Å². The van der Waals surface area contributed by atoms with Crippen LogP contribution in [-0.4, -0.2) is 17.4 Å². The highest BCUT2D eigenvalue weighted by molar-refractivity contribution is 8.00. The Morgan fingerprint density at radius 2 is 1.95 bits per heavy atom. The number of carbonyl (C=O) groups excluding carboxylic acids is 2. The number of amides is 1. The van der Waals surface area contributed by atoms with Crippen molar-refractivity contribution in [3.05, 3.63) is 59.4 Å². The lowest BCUT2D eigenvalue weighted by molar-refractivity contribution is -0.116. The van der Waals surface area contributed by atoms with E-state index in [0.717, 1.165) is 16.1 Å². The summed E-state index contributed by atoms with van der Waals surface area (Å²) in [5, 5.41) is 2.79. The Bertz CT molecular complexity index is 743. The van der Waals surface area contributed by atoms with Crippen LogP contribution in [0.4, 0.5) is 10.1 Å². The number of carbonyl (C=O) groups is 2. The Balaban J connectivity index is 1.71. The molecule has 0 aromatic heterocycles. The molecule has 3 nitrogen and oxygen atoms in total. The van der Waals surface area contributed by atoms with Gasteiger partial charge in [-0.3, -0.25) is 9.59 Å². The van der Waals surface area contributed by atoms with E-state index < -0.39 is 0 Å². The zero-order valence-corrected chi connectivity index (χ0v) is 12.7. The van der Waals surface area contributed by atoms with Gasteiger partial charge in [-0.05, 0) is 55.0 Å². The summed E-state index contributed by atoms with van der Waals surface area (Å²) in [5.74, 6) is -0.294. The molecule has 0 saturated heterocycles. The second kappa shape index (κ2) is 5.93. The van der Waals surface area contributed by atoms with E-state index in [9.17, 15) is 14.0 Å². The molecule has 0 saturated carbocycles. The van der Waals surface area contributed by atoms with E-state index in [1.165, 1.54) is 23.9 Å². The summed E-state index contributed by atoms with van der Waals surface area (Å²) >= 11 is 1.37. The minimum absolute atomic E-state index is 0.0105. The molecule has 0 aliphatic carbocycles. The van der Waals surface area contributed by atoms with Gasteiger partial charge < -0.3 is 5.32 Å². The van der Waals surface area contributed by atoms with Crippen LogP contribution in [0.2, 0.25) is 0 Å². The standard InChI is InChI=1S/C17H14FNO2S/c1-10-14-8-11(2-7-15(14)19-17(10)21)16(20)9-22-13-5-3-12(18)4-6-13/h2-8,10H,9H2,1H3,(H,19,21)/t10-/m0/s1. The number of hydrogen-bond acceptors (Lipinski definition) is 3. The Hall–Kier alpha value is -2.14. The van der Waals surface area contributed by atoms with Crippen molar-refractivity contribution in [1.82, 2.24) is 0 Å². The Morgan fingerprint density at radius 1 is 1.23 bits per heavy atom. The highest BCUT2D eigenvalue weighted by atomic mass is 32.2. The number of ketones is 1. The Kier molecular flexibility index (Phi) is 3.98. The first kappa shape index (κ1) is 14.8. The predicted molar refractivity (Wildman–Crippen MR) is 84.9 cm³/mol. The smallest absolute Gasteiger partial charge is 0.231 e. The first-order valence-electron chi connectivity index (χ1n) is 6.91. The maximum absolute atomic E-state index is 12.8. The first-order chi connectivity index (χ1) is 10.5. The normalized spacial score (nSPS) is 16.3. The molecular formula is C17H14FNO2S. The maximum atomic E-state index is 12.8. The molecular weight excluding hydrogens is 301 g/mol. The van der Waals surface area contributed by atoms with Crippen LogP contribution in [0.5, 0.6) is 0 Å². The van der Waals surface area contributed by atoms with Gasteiger partial charge in [-0.25, -0.2) is 4.39 Å². The van der Waals surface area contributed by atoms with E-state index >= 15 is 0 Å². The fraction of sp³-hybridized carbons (Fsp3) is 0.176. The molecule has 1 aliphatic rings. The summed E-state index contributed by atoms with van der Waals surface area (Å²) in [7, 11) is 0.